The second kappa shape index (κ2) is 34.5. The molecule has 0 atom stereocenters. The second-order valence-corrected chi connectivity index (χ2v) is 32.0. The van der Waals surface area contributed by atoms with Gasteiger partial charge in [0.2, 0.25) is 0 Å². The molecule has 133 heavy (non-hydrogen) atoms. The highest BCUT2D eigenvalue weighted by atomic mass is 16.6. The number of aromatic nitrogens is 4. The van der Waals surface area contributed by atoms with Gasteiger partial charge in [0.05, 0.1) is 55.5 Å². The van der Waals surface area contributed by atoms with Gasteiger partial charge in [0, 0.05) is 109 Å². The Labute approximate surface area is 761 Å². The van der Waals surface area contributed by atoms with Crippen molar-refractivity contribution in [3.8, 4) is 51.5 Å². The zero-order valence-corrected chi connectivity index (χ0v) is 71.7. The lowest BCUT2D eigenvalue weighted by atomic mass is 10.00. The number of para-hydroxylation sites is 2. The molecule has 0 radical (unpaired) electrons. The van der Waals surface area contributed by atoms with Crippen molar-refractivity contribution in [1.29, 1.82) is 0 Å². The summed E-state index contributed by atoms with van der Waals surface area (Å²) < 4.78 is 36.0. The van der Waals surface area contributed by atoms with Crippen molar-refractivity contribution >= 4 is 203 Å². The summed E-state index contributed by atoms with van der Waals surface area (Å²) in [5, 5.41) is 28.7. The number of carbonyl (C=O) groups is 5. The highest BCUT2D eigenvalue weighted by Crippen LogP contribution is 2.48. The molecule has 4 heterocycles. The lowest BCUT2D eigenvalue weighted by molar-refractivity contribution is -0.130. The van der Waals surface area contributed by atoms with E-state index in [1.54, 1.807) is 18.2 Å². The summed E-state index contributed by atoms with van der Waals surface area (Å²) in [7, 11) is 0. The van der Waals surface area contributed by atoms with Gasteiger partial charge in [-0.05, 0) is 183 Å². The lowest BCUT2D eigenvalue weighted by Gasteiger charge is -2.13. The summed E-state index contributed by atoms with van der Waals surface area (Å²) in [6, 6.07) is 130. The highest BCUT2D eigenvalue weighted by Gasteiger charge is 2.25. The second-order valence-electron chi connectivity index (χ2n) is 32.0. The smallest absolute Gasteiger partial charge is 0.335 e. The van der Waals surface area contributed by atoms with Gasteiger partial charge < -0.3 is 42.0 Å². The molecule has 0 spiro atoms. The minimum absolute atomic E-state index is 0.228. The van der Waals surface area contributed by atoms with Crippen LogP contribution in [-0.2, 0) is 24.0 Å². The Morgan fingerprint density at radius 2 is 0.429 bits per heavy atom. The van der Waals surface area contributed by atoms with Gasteiger partial charge in [-0.25, -0.2) is 24.0 Å². The summed E-state index contributed by atoms with van der Waals surface area (Å²) in [5.74, 6) is -0.703. The number of nitrogens with zero attached hydrogens (tertiary/aromatic N) is 4. The molecule has 0 N–H and O–H groups in total. The van der Waals surface area contributed by atoms with E-state index in [4.69, 9.17) is 23.7 Å². The number of hydrogen-bond donors (Lipinski definition) is 0. The fraction of sp³-hybridized carbons (Fsp3) is 0. The number of carbonyl (C=O) groups excluding carboxylic acids is 5. The molecule has 24 aromatic rings. The Hall–Kier alpha value is -18.3. The number of rotatable bonds is 14. The van der Waals surface area contributed by atoms with E-state index in [2.05, 4.69) is 318 Å². The van der Waals surface area contributed by atoms with Gasteiger partial charge in [-0.3, -0.25) is 0 Å². The van der Waals surface area contributed by atoms with Crippen LogP contribution in [0.15, 0.2) is 445 Å². The van der Waals surface area contributed by atoms with Gasteiger partial charge in [-0.1, -0.05) is 294 Å². The molecule has 0 aliphatic carbocycles. The normalized spacial score (nSPS) is 11.3. The van der Waals surface area contributed by atoms with Crippen molar-refractivity contribution in [2.45, 2.75) is 0 Å². The van der Waals surface area contributed by atoms with Crippen LogP contribution in [0.5, 0.6) is 28.7 Å². The number of fused-ring (bicyclic) bond motifs is 28. The highest BCUT2D eigenvalue weighted by molar-refractivity contribution is 6.33. The van der Waals surface area contributed by atoms with E-state index in [9.17, 15) is 24.0 Å². The first-order valence-corrected chi connectivity index (χ1v) is 43.3. The van der Waals surface area contributed by atoms with E-state index in [1.165, 1.54) is 115 Å². The Kier molecular flexibility index (Phi) is 21.2. The molecule has 24 rings (SSSR count). The van der Waals surface area contributed by atoms with E-state index >= 15 is 0 Å². The van der Waals surface area contributed by atoms with Gasteiger partial charge in [0.15, 0.2) is 5.75 Å². The third-order valence-electron chi connectivity index (χ3n) is 24.5. The fourth-order valence-corrected chi connectivity index (χ4v) is 18.9. The summed E-state index contributed by atoms with van der Waals surface area (Å²) in [5.41, 5.74) is 12.0. The molecule has 0 saturated carbocycles. The molecule has 14 nitrogen and oxygen atoms in total. The zero-order valence-electron chi connectivity index (χ0n) is 71.7. The van der Waals surface area contributed by atoms with Gasteiger partial charge in [0.1, 0.15) is 23.0 Å². The quantitative estimate of drug-likeness (QED) is 0.0584. The van der Waals surface area contributed by atoms with Crippen LogP contribution in [-0.4, -0.2) is 48.1 Å². The first kappa shape index (κ1) is 81.8. The van der Waals surface area contributed by atoms with Gasteiger partial charge >= 0.3 is 29.8 Å². The van der Waals surface area contributed by atoms with Crippen LogP contribution in [0.4, 0.5) is 0 Å². The van der Waals surface area contributed by atoms with Crippen molar-refractivity contribution in [1.82, 2.24) is 18.3 Å². The van der Waals surface area contributed by atoms with Crippen LogP contribution in [0.25, 0.3) is 196 Å². The number of esters is 5. The van der Waals surface area contributed by atoms with E-state index < -0.39 is 29.8 Å². The average Bonchev–Trinajstić information content (AvgIpc) is 1.57. The zero-order chi connectivity index (χ0) is 90.5. The first-order valence-electron chi connectivity index (χ1n) is 43.3. The molecular formula is C119H78N4O10. The van der Waals surface area contributed by atoms with E-state index in [0.29, 0.717) is 22.9 Å². The van der Waals surface area contributed by atoms with E-state index in [0.717, 1.165) is 112 Å². The minimum atomic E-state index is -0.614. The number of ether oxygens (including phenoxy) is 5. The predicted molar refractivity (Wildman–Crippen MR) is 542 cm³/mol. The first-order chi connectivity index (χ1) is 65.3. The van der Waals surface area contributed by atoms with E-state index in [-0.39, 0.29) is 11.5 Å². The summed E-state index contributed by atoms with van der Waals surface area (Å²) in [4.78, 5) is 59.4. The summed E-state index contributed by atoms with van der Waals surface area (Å²) in [6.45, 7) is 17.4. The summed E-state index contributed by atoms with van der Waals surface area (Å²) >= 11 is 0. The van der Waals surface area contributed by atoms with E-state index in [1.807, 2.05) is 91.0 Å². The van der Waals surface area contributed by atoms with Crippen LogP contribution in [0.1, 0.15) is 0 Å². The molecular weight excluding hydrogens is 1650 g/mol. The molecule has 0 fully saturated rings. The molecule has 0 aliphatic rings. The SMILES string of the molecule is C=CC(=O)Oc1cc(OC(=O)C=C)cc(-n2c3ccc4ccccc4c3c3c4ccccc4ccc32)c1.C=CC(=O)Oc1ccc(-n2c3ccc4ccccc4c3c3c4ccccc4ccc32)cc1.C=CC(=O)Oc1cccc(-n2c3ccc4ccccc4c3c3c4ccccc4ccc32)c1.C=CC(=O)Oc1ccccc1-n1c2ccc3ccccc3c2c2c3ccccc3ccc21. The Bertz CT molecular complexity index is 8640. The van der Waals surface area contributed by atoms with Crippen LogP contribution < -0.4 is 23.7 Å². The molecule has 20 aromatic carbocycles. The number of hydrogen-bond acceptors (Lipinski definition) is 10. The molecule has 0 aliphatic heterocycles. The third kappa shape index (κ3) is 14.7. The molecule has 634 valence electrons. The molecule has 0 unspecified atom stereocenters. The topological polar surface area (TPSA) is 151 Å². The molecule has 14 heteroatoms. The van der Waals surface area contributed by atoms with Crippen molar-refractivity contribution in [3.63, 3.8) is 0 Å². The standard InChI is InChI=1S/C32H21NO4.3C29H19NO2/c1-3-29(34)36-23-17-22(18-24(19-23)37-30(35)4-2)33-27-15-13-20-9-5-7-11-25(20)31(27)32-26-12-8-6-10-21(26)14-16-28(32)33;1-2-27(31)32-26-14-8-7-13-23(26)30-24-17-15-19-9-3-5-11-21(19)28(24)29-22-12-6-4-10-20(22)16-18-25(29)30;1-2-27(31)32-22-11-7-10-21(18-22)30-25-16-14-19-8-3-5-12-23(19)28(25)29-24-13-6-4-9-20(24)15-17-26(29)30;1-2-27(31)32-22-15-13-21(14-16-22)30-25-17-11-19-7-3-5-9-23(19)28(25)29-24-10-6-4-8-20(24)12-18-26(29)30/h3-19H,1-2H2;3*2-18H,1H2. The maximum atomic E-state index is 12.0. The fourth-order valence-electron chi connectivity index (χ4n) is 18.9. The van der Waals surface area contributed by atoms with Crippen molar-refractivity contribution < 1.29 is 47.7 Å². The van der Waals surface area contributed by atoms with Crippen molar-refractivity contribution in [2.24, 2.45) is 0 Å². The molecule has 4 aromatic heterocycles. The lowest BCUT2D eigenvalue weighted by Crippen LogP contribution is -2.07. The van der Waals surface area contributed by atoms with Gasteiger partial charge in [-0.15, -0.1) is 0 Å². The minimum Gasteiger partial charge on any atom is -0.423 e. The van der Waals surface area contributed by atoms with Crippen LogP contribution in [0.2, 0.25) is 0 Å². The van der Waals surface area contributed by atoms with Crippen LogP contribution in [0.3, 0.4) is 0 Å². The van der Waals surface area contributed by atoms with Crippen molar-refractivity contribution in [2.75, 3.05) is 0 Å². The largest absolute Gasteiger partial charge is 0.423 e. The van der Waals surface area contributed by atoms with Gasteiger partial charge in [-0.2, -0.15) is 0 Å². The summed E-state index contributed by atoms with van der Waals surface area (Å²) in [6.07, 6.45) is 5.69. The Morgan fingerprint density at radius 1 is 0.188 bits per heavy atom. The Balaban J connectivity index is 0.000000107. The predicted octanol–water partition coefficient (Wildman–Crippen LogP) is 28.8. The van der Waals surface area contributed by atoms with Crippen LogP contribution in [0, 0.1) is 0 Å². The maximum absolute atomic E-state index is 12.0. The van der Waals surface area contributed by atoms with Crippen LogP contribution >= 0.6 is 0 Å². The third-order valence-corrected chi connectivity index (χ3v) is 24.5. The molecule has 0 saturated heterocycles. The molecule has 0 bridgehead atoms. The number of benzene rings is 20. The average molecular weight is 1720 g/mol. The maximum Gasteiger partial charge on any atom is 0.335 e. The van der Waals surface area contributed by atoms with Crippen molar-refractivity contribution in [3.05, 3.63) is 445 Å². The molecule has 0 amide bonds. The monoisotopic (exact) mass is 1720 g/mol. The Morgan fingerprint density at radius 3 is 0.737 bits per heavy atom. The van der Waals surface area contributed by atoms with Gasteiger partial charge in [0.25, 0.3) is 0 Å².